The van der Waals surface area contributed by atoms with Crippen LogP contribution in [0.3, 0.4) is 0 Å². The predicted octanol–water partition coefficient (Wildman–Crippen LogP) is 3.93. The van der Waals surface area contributed by atoms with E-state index >= 15 is 0 Å². The van der Waals surface area contributed by atoms with Crippen LogP contribution < -0.4 is 0 Å². The number of rotatable bonds is 14. The second kappa shape index (κ2) is 14.5. The number of nitrogens with zero attached hydrogens (tertiary/aromatic N) is 2. The quantitative estimate of drug-likeness (QED) is 0.248. The van der Waals surface area contributed by atoms with Crippen molar-refractivity contribution >= 4 is 7.75 Å². The maximum absolute atomic E-state index is 13.9. The Kier molecular flexibility index (Phi) is 12.8. The van der Waals surface area contributed by atoms with Crippen LogP contribution in [0.1, 0.15) is 91.9 Å². The largest absolute Gasteiger partial charge is 0.408 e. The second-order valence-corrected chi connectivity index (χ2v) is 12.2. The fraction of sp³-hybridized carbons (Fsp3) is 1.00. The molecule has 0 aromatic carbocycles. The third kappa shape index (κ3) is 9.49. The van der Waals surface area contributed by atoms with Gasteiger partial charge in [-0.2, -0.15) is 0 Å². The van der Waals surface area contributed by atoms with Crippen molar-refractivity contribution in [3.8, 4) is 0 Å². The normalized spacial score (nSPS) is 26.1. The molecule has 0 aromatic rings. The Morgan fingerprint density at radius 2 is 1.55 bits per heavy atom. The number of aliphatic hydroxyl groups excluding tert-OH is 3. The van der Waals surface area contributed by atoms with Gasteiger partial charge >= 0.3 is 7.75 Å². The van der Waals surface area contributed by atoms with E-state index in [1.165, 1.54) is 6.42 Å². The average molecular weight is 493 g/mol. The lowest BCUT2D eigenvalue weighted by Gasteiger charge is -2.40. The van der Waals surface area contributed by atoms with E-state index in [2.05, 4.69) is 9.57 Å². The van der Waals surface area contributed by atoms with Crippen molar-refractivity contribution in [3.05, 3.63) is 0 Å². The molecule has 9 heteroatoms. The smallest absolute Gasteiger partial charge is 0.395 e. The Labute approximate surface area is 201 Å². The van der Waals surface area contributed by atoms with Gasteiger partial charge in [-0.15, -0.1) is 0 Å². The third-order valence-corrected chi connectivity index (χ3v) is 9.22. The van der Waals surface area contributed by atoms with Gasteiger partial charge in [-0.25, -0.2) is 9.24 Å². The fourth-order valence-electron chi connectivity index (χ4n) is 5.06. The highest BCUT2D eigenvalue weighted by Gasteiger charge is 2.40. The van der Waals surface area contributed by atoms with Crippen LogP contribution in [0, 0.1) is 0 Å². The van der Waals surface area contributed by atoms with E-state index in [-0.39, 0.29) is 30.9 Å². The van der Waals surface area contributed by atoms with E-state index < -0.39 is 20.0 Å². The fourth-order valence-corrected chi connectivity index (χ4v) is 7.44. The second-order valence-electron chi connectivity index (χ2n) is 10.3. The highest BCUT2D eigenvalue weighted by Crippen LogP contribution is 2.56. The molecule has 196 valence electrons. The Morgan fingerprint density at radius 3 is 2.12 bits per heavy atom. The molecule has 3 N–H and O–H groups in total. The van der Waals surface area contributed by atoms with E-state index in [4.69, 9.17) is 9.05 Å². The minimum absolute atomic E-state index is 0.00111. The van der Waals surface area contributed by atoms with Gasteiger partial charge in [-0.05, 0) is 66.3 Å². The van der Waals surface area contributed by atoms with Crippen molar-refractivity contribution in [1.29, 1.82) is 0 Å². The molecule has 1 saturated carbocycles. The molecule has 0 radical (unpaired) electrons. The SMILES string of the molecule is CC(C)OP(=O)(OC(C)C)N(CCCCCCN1CC(O)C(O)CC1CO)C1CCCCC1. The highest BCUT2D eigenvalue weighted by molar-refractivity contribution is 7.51. The number of piperidine rings is 1. The van der Waals surface area contributed by atoms with Crippen LogP contribution in [0.15, 0.2) is 0 Å². The molecule has 8 nitrogen and oxygen atoms in total. The summed E-state index contributed by atoms with van der Waals surface area (Å²) in [5.74, 6) is 0. The van der Waals surface area contributed by atoms with Crippen molar-refractivity contribution in [2.45, 2.75) is 128 Å². The summed E-state index contributed by atoms with van der Waals surface area (Å²) in [5.41, 5.74) is 0. The van der Waals surface area contributed by atoms with E-state index in [0.29, 0.717) is 19.5 Å². The molecular weight excluding hydrogens is 443 g/mol. The number of unbranched alkanes of at least 4 members (excludes halogenated alkanes) is 3. The average Bonchev–Trinajstić information content (AvgIpc) is 2.74. The van der Waals surface area contributed by atoms with Gasteiger partial charge in [-0.1, -0.05) is 32.1 Å². The standard InChI is InChI=1S/C24H49N2O6P/c1-19(2)31-33(30,32-20(3)4)26(21-12-8-7-9-13-21)15-11-6-5-10-14-25-17-24(29)23(28)16-22(25)18-27/h19-24,27-29H,5-18H2,1-4H3. The Morgan fingerprint density at radius 1 is 0.939 bits per heavy atom. The zero-order valence-corrected chi connectivity index (χ0v) is 22.2. The first-order valence-electron chi connectivity index (χ1n) is 13.1. The molecule has 2 aliphatic rings. The first-order valence-corrected chi connectivity index (χ1v) is 14.6. The van der Waals surface area contributed by atoms with Crippen LogP contribution >= 0.6 is 7.75 Å². The van der Waals surface area contributed by atoms with Crippen LogP contribution in [-0.2, 0) is 13.6 Å². The van der Waals surface area contributed by atoms with Crippen LogP contribution in [-0.4, -0.2) is 87.6 Å². The first kappa shape index (κ1) is 29.2. The van der Waals surface area contributed by atoms with E-state index in [1.807, 2.05) is 27.7 Å². The summed E-state index contributed by atoms with van der Waals surface area (Å²) in [5, 5.41) is 29.4. The van der Waals surface area contributed by atoms with Gasteiger partial charge < -0.3 is 15.3 Å². The molecule has 1 aliphatic heterocycles. The monoisotopic (exact) mass is 492 g/mol. The molecule has 3 unspecified atom stereocenters. The van der Waals surface area contributed by atoms with E-state index in [9.17, 15) is 19.9 Å². The molecule has 3 atom stereocenters. The summed E-state index contributed by atoms with van der Waals surface area (Å²) in [6.45, 7) is 9.54. The molecule has 0 spiro atoms. The minimum atomic E-state index is -3.37. The van der Waals surface area contributed by atoms with Crippen molar-refractivity contribution in [2.75, 3.05) is 26.2 Å². The number of likely N-dealkylation sites (tertiary alicyclic amines) is 1. The molecular formula is C24H49N2O6P. The molecule has 1 heterocycles. The van der Waals surface area contributed by atoms with Crippen molar-refractivity contribution in [2.24, 2.45) is 0 Å². The van der Waals surface area contributed by atoms with E-state index in [1.54, 1.807) is 0 Å². The molecule has 2 rings (SSSR count). The van der Waals surface area contributed by atoms with E-state index in [0.717, 1.165) is 57.9 Å². The van der Waals surface area contributed by atoms with Gasteiger partial charge in [0.2, 0.25) is 0 Å². The topological polar surface area (TPSA) is 103 Å². The molecule has 0 amide bonds. The summed E-state index contributed by atoms with van der Waals surface area (Å²) < 4.78 is 27.8. The number of β-amino-alcohol motifs (C(OH)–C–C–N with tert-alkyl or cyclic N) is 1. The van der Waals surface area contributed by atoms with Crippen LogP contribution in [0.4, 0.5) is 0 Å². The van der Waals surface area contributed by atoms with Crippen molar-refractivity contribution in [1.82, 2.24) is 9.57 Å². The summed E-state index contributed by atoms with van der Waals surface area (Å²) in [6, 6.07) is 0.158. The van der Waals surface area contributed by atoms with Gasteiger partial charge in [0.25, 0.3) is 0 Å². The predicted molar refractivity (Wildman–Crippen MR) is 131 cm³/mol. The Bertz CT molecular complexity index is 573. The lowest BCUT2D eigenvalue weighted by molar-refractivity contribution is -0.0710. The molecule has 1 saturated heterocycles. The van der Waals surface area contributed by atoms with Crippen LogP contribution in [0.2, 0.25) is 0 Å². The summed E-state index contributed by atoms with van der Waals surface area (Å²) in [4.78, 5) is 2.09. The van der Waals surface area contributed by atoms with Crippen LogP contribution in [0.5, 0.6) is 0 Å². The number of hydrogen-bond acceptors (Lipinski definition) is 7. The molecule has 2 fully saturated rings. The lowest BCUT2D eigenvalue weighted by Crippen LogP contribution is -2.53. The Balaban J connectivity index is 1.87. The van der Waals surface area contributed by atoms with Gasteiger partial charge in [0.15, 0.2) is 0 Å². The maximum atomic E-state index is 13.9. The highest BCUT2D eigenvalue weighted by atomic mass is 31.2. The molecule has 1 aliphatic carbocycles. The Hall–Kier alpha value is -0.0500. The van der Waals surface area contributed by atoms with Gasteiger partial charge in [0.05, 0.1) is 31.0 Å². The number of aliphatic hydroxyl groups is 3. The minimum Gasteiger partial charge on any atom is -0.395 e. The summed E-state index contributed by atoms with van der Waals surface area (Å²) in [6.07, 6.45) is 8.14. The number of hydrogen-bond donors (Lipinski definition) is 3. The zero-order chi connectivity index (χ0) is 24.4. The van der Waals surface area contributed by atoms with Gasteiger partial charge in [0.1, 0.15) is 0 Å². The first-order chi connectivity index (χ1) is 15.7. The van der Waals surface area contributed by atoms with Crippen molar-refractivity contribution in [3.63, 3.8) is 0 Å². The zero-order valence-electron chi connectivity index (χ0n) is 21.3. The maximum Gasteiger partial charge on any atom is 0.408 e. The third-order valence-electron chi connectivity index (χ3n) is 6.69. The van der Waals surface area contributed by atoms with Crippen molar-refractivity contribution < 1.29 is 28.9 Å². The molecule has 0 aromatic heterocycles. The van der Waals surface area contributed by atoms with Gasteiger partial charge in [-0.3, -0.25) is 13.9 Å². The lowest BCUT2D eigenvalue weighted by atomic mass is 9.95. The molecule has 33 heavy (non-hydrogen) atoms. The summed E-state index contributed by atoms with van der Waals surface area (Å²) >= 11 is 0. The van der Waals surface area contributed by atoms with Crippen LogP contribution in [0.25, 0.3) is 0 Å². The molecule has 0 bridgehead atoms. The summed E-state index contributed by atoms with van der Waals surface area (Å²) in [7, 11) is -3.37. The van der Waals surface area contributed by atoms with Gasteiger partial charge in [0, 0.05) is 25.2 Å².